The molecule has 3 rings (SSSR count). The van der Waals surface area contributed by atoms with E-state index in [4.69, 9.17) is 0 Å². The third kappa shape index (κ3) is 2.79. The van der Waals surface area contributed by atoms with Gasteiger partial charge < -0.3 is 9.72 Å². The first-order valence-electron chi connectivity index (χ1n) is 7.01. The van der Waals surface area contributed by atoms with Crippen molar-refractivity contribution in [1.82, 2.24) is 14.7 Å². The molecule has 0 fully saturated rings. The Kier molecular flexibility index (Phi) is 3.69. The number of pyridine rings is 1. The highest BCUT2D eigenvalue weighted by molar-refractivity contribution is 5.99. The predicted octanol–water partition coefficient (Wildman–Crippen LogP) is 2.62. The molecular weight excluding hydrogens is 262 g/mol. The highest BCUT2D eigenvalue weighted by Gasteiger charge is 2.14. The lowest BCUT2D eigenvalue weighted by atomic mass is 10.1. The average Bonchev–Trinajstić information content (AvgIpc) is 2.86. The fraction of sp³-hybridized carbons (Fsp3) is 0.176. The molecule has 1 aromatic carbocycles. The number of nitrogens with zero attached hydrogens (tertiary/aromatic N) is 2. The Balaban J connectivity index is 1.70. The Morgan fingerprint density at radius 2 is 1.90 bits per heavy atom. The van der Waals surface area contributed by atoms with Gasteiger partial charge in [0, 0.05) is 12.7 Å². The standard InChI is InChI=1S/C17H17N3O/c1-13-19-16(15-9-5-6-12-20(13)15)17(21)18-11-10-14-7-3-2-4-8-14/h2-9,12H,10-11H2,1H3,(H,18,21). The molecule has 1 N–H and O–H groups in total. The quantitative estimate of drug-likeness (QED) is 0.798. The Bertz CT molecular complexity index is 762. The zero-order chi connectivity index (χ0) is 14.7. The molecule has 0 atom stereocenters. The van der Waals surface area contributed by atoms with E-state index in [-0.39, 0.29) is 5.91 Å². The highest BCUT2D eigenvalue weighted by Crippen LogP contribution is 2.12. The summed E-state index contributed by atoms with van der Waals surface area (Å²) in [6, 6.07) is 15.9. The van der Waals surface area contributed by atoms with E-state index >= 15 is 0 Å². The number of carbonyl (C=O) groups excluding carboxylic acids is 1. The molecule has 4 nitrogen and oxygen atoms in total. The maximum atomic E-state index is 12.3. The average molecular weight is 279 g/mol. The zero-order valence-electron chi connectivity index (χ0n) is 11.9. The van der Waals surface area contributed by atoms with Crippen LogP contribution in [0.15, 0.2) is 54.7 Å². The maximum absolute atomic E-state index is 12.3. The Morgan fingerprint density at radius 3 is 2.71 bits per heavy atom. The summed E-state index contributed by atoms with van der Waals surface area (Å²) >= 11 is 0. The van der Waals surface area contributed by atoms with Gasteiger partial charge in [-0.15, -0.1) is 0 Å². The summed E-state index contributed by atoms with van der Waals surface area (Å²) in [6.45, 7) is 2.50. The summed E-state index contributed by atoms with van der Waals surface area (Å²) in [4.78, 5) is 16.6. The minimum atomic E-state index is -0.122. The van der Waals surface area contributed by atoms with E-state index in [0.717, 1.165) is 17.8 Å². The summed E-state index contributed by atoms with van der Waals surface area (Å²) in [6.07, 6.45) is 2.73. The fourth-order valence-corrected chi connectivity index (χ4v) is 2.41. The molecule has 0 aliphatic carbocycles. The lowest BCUT2D eigenvalue weighted by Gasteiger charge is -2.04. The van der Waals surface area contributed by atoms with Crippen LogP contribution in [0.2, 0.25) is 0 Å². The van der Waals surface area contributed by atoms with Crippen LogP contribution in [0, 0.1) is 6.92 Å². The van der Waals surface area contributed by atoms with Crippen LogP contribution in [0.25, 0.3) is 5.52 Å². The highest BCUT2D eigenvalue weighted by atomic mass is 16.1. The summed E-state index contributed by atoms with van der Waals surface area (Å²) in [5, 5.41) is 2.94. The molecule has 0 bridgehead atoms. The van der Waals surface area contributed by atoms with Crippen LogP contribution in [-0.2, 0) is 6.42 Å². The van der Waals surface area contributed by atoms with Gasteiger partial charge >= 0.3 is 0 Å². The second-order valence-electron chi connectivity index (χ2n) is 4.96. The van der Waals surface area contributed by atoms with Crippen molar-refractivity contribution in [3.05, 3.63) is 71.8 Å². The van der Waals surface area contributed by atoms with Crippen molar-refractivity contribution < 1.29 is 4.79 Å². The molecular formula is C17H17N3O. The number of rotatable bonds is 4. The van der Waals surface area contributed by atoms with E-state index in [1.807, 2.05) is 53.9 Å². The normalized spacial score (nSPS) is 10.7. The van der Waals surface area contributed by atoms with Gasteiger partial charge in [0.15, 0.2) is 5.69 Å². The number of nitrogens with one attached hydrogen (secondary N) is 1. The number of aromatic nitrogens is 2. The van der Waals surface area contributed by atoms with Crippen molar-refractivity contribution in [2.45, 2.75) is 13.3 Å². The molecule has 0 aliphatic rings. The van der Waals surface area contributed by atoms with E-state index in [1.54, 1.807) is 0 Å². The number of benzene rings is 1. The molecule has 0 spiro atoms. The first-order valence-corrected chi connectivity index (χ1v) is 7.01. The molecule has 0 radical (unpaired) electrons. The van der Waals surface area contributed by atoms with Crippen molar-refractivity contribution >= 4 is 11.4 Å². The second kappa shape index (κ2) is 5.79. The largest absolute Gasteiger partial charge is 0.350 e. The monoisotopic (exact) mass is 279 g/mol. The first kappa shape index (κ1) is 13.4. The van der Waals surface area contributed by atoms with Crippen LogP contribution in [0.4, 0.5) is 0 Å². The number of aryl methyl sites for hydroxylation is 1. The molecule has 0 aliphatic heterocycles. The van der Waals surface area contributed by atoms with Gasteiger partial charge in [-0.3, -0.25) is 4.79 Å². The summed E-state index contributed by atoms with van der Waals surface area (Å²) in [5.74, 6) is 0.696. The predicted molar refractivity (Wildman–Crippen MR) is 82.4 cm³/mol. The Hall–Kier alpha value is -2.62. The molecule has 21 heavy (non-hydrogen) atoms. The van der Waals surface area contributed by atoms with Crippen LogP contribution >= 0.6 is 0 Å². The van der Waals surface area contributed by atoms with Crippen LogP contribution in [0.1, 0.15) is 21.9 Å². The number of carbonyl (C=O) groups is 1. The molecule has 106 valence electrons. The fourth-order valence-electron chi connectivity index (χ4n) is 2.41. The van der Waals surface area contributed by atoms with Gasteiger partial charge in [0.05, 0.1) is 5.52 Å². The lowest BCUT2D eigenvalue weighted by Crippen LogP contribution is -2.26. The van der Waals surface area contributed by atoms with Crippen LogP contribution in [0.3, 0.4) is 0 Å². The van der Waals surface area contributed by atoms with E-state index < -0.39 is 0 Å². The number of imidazole rings is 1. The van der Waals surface area contributed by atoms with Crippen molar-refractivity contribution in [2.24, 2.45) is 0 Å². The zero-order valence-corrected chi connectivity index (χ0v) is 11.9. The minimum Gasteiger partial charge on any atom is -0.350 e. The maximum Gasteiger partial charge on any atom is 0.272 e. The topological polar surface area (TPSA) is 46.4 Å². The molecule has 0 unspecified atom stereocenters. The molecule has 1 amide bonds. The van der Waals surface area contributed by atoms with Gasteiger partial charge in [0.2, 0.25) is 0 Å². The molecule has 2 aromatic heterocycles. The van der Waals surface area contributed by atoms with Crippen molar-refractivity contribution in [3.8, 4) is 0 Å². The van der Waals surface area contributed by atoms with Crippen molar-refractivity contribution in [2.75, 3.05) is 6.54 Å². The molecule has 0 saturated carbocycles. The van der Waals surface area contributed by atoms with Gasteiger partial charge in [-0.25, -0.2) is 4.98 Å². The van der Waals surface area contributed by atoms with Gasteiger partial charge in [-0.1, -0.05) is 36.4 Å². The van der Waals surface area contributed by atoms with Crippen LogP contribution in [-0.4, -0.2) is 21.8 Å². The Morgan fingerprint density at radius 1 is 1.14 bits per heavy atom. The summed E-state index contributed by atoms with van der Waals surface area (Å²) in [5.41, 5.74) is 2.54. The van der Waals surface area contributed by atoms with E-state index in [1.165, 1.54) is 5.56 Å². The Labute approximate surface area is 123 Å². The third-order valence-corrected chi connectivity index (χ3v) is 3.48. The molecule has 3 aromatic rings. The lowest BCUT2D eigenvalue weighted by molar-refractivity contribution is 0.0951. The van der Waals surface area contributed by atoms with Crippen LogP contribution < -0.4 is 5.32 Å². The van der Waals surface area contributed by atoms with Crippen molar-refractivity contribution in [3.63, 3.8) is 0 Å². The number of fused-ring (bicyclic) bond motifs is 1. The molecule has 0 saturated heterocycles. The molecule has 2 heterocycles. The van der Waals surface area contributed by atoms with E-state index in [2.05, 4.69) is 22.4 Å². The molecule has 4 heteroatoms. The number of hydrogen-bond donors (Lipinski definition) is 1. The van der Waals surface area contributed by atoms with Gasteiger partial charge in [0.25, 0.3) is 5.91 Å². The van der Waals surface area contributed by atoms with Crippen LogP contribution in [0.5, 0.6) is 0 Å². The summed E-state index contributed by atoms with van der Waals surface area (Å²) in [7, 11) is 0. The second-order valence-corrected chi connectivity index (χ2v) is 4.96. The summed E-state index contributed by atoms with van der Waals surface area (Å²) < 4.78 is 1.92. The SMILES string of the molecule is Cc1nc(C(=O)NCCc2ccccc2)c2ccccn12. The van der Waals surface area contributed by atoms with E-state index in [9.17, 15) is 4.79 Å². The third-order valence-electron chi connectivity index (χ3n) is 3.48. The van der Waals surface area contributed by atoms with Crippen molar-refractivity contribution in [1.29, 1.82) is 0 Å². The van der Waals surface area contributed by atoms with E-state index in [0.29, 0.717) is 12.2 Å². The van der Waals surface area contributed by atoms with Gasteiger partial charge in [0.1, 0.15) is 5.82 Å². The minimum absolute atomic E-state index is 0.122. The first-order chi connectivity index (χ1) is 10.3. The van der Waals surface area contributed by atoms with Gasteiger partial charge in [-0.05, 0) is 31.0 Å². The number of hydrogen-bond acceptors (Lipinski definition) is 2. The number of amides is 1. The smallest absolute Gasteiger partial charge is 0.272 e. The van der Waals surface area contributed by atoms with Gasteiger partial charge in [-0.2, -0.15) is 0 Å².